The Hall–Kier alpha value is -4.47. The van der Waals surface area contributed by atoms with Gasteiger partial charge in [-0.3, -0.25) is 9.36 Å². The average molecular weight is 670 g/mol. The van der Waals surface area contributed by atoms with Crippen LogP contribution in [0.3, 0.4) is 0 Å². The number of benzene rings is 4. The van der Waals surface area contributed by atoms with Crippen molar-refractivity contribution in [2.24, 2.45) is 4.99 Å². The Kier molecular flexibility index (Phi) is 8.50. The zero-order chi connectivity index (χ0) is 30.8. The Balaban J connectivity index is 1.40. The van der Waals surface area contributed by atoms with Gasteiger partial charge in [0.05, 0.1) is 40.0 Å². The summed E-state index contributed by atoms with van der Waals surface area (Å²) in [7, 11) is 1.33. The molecule has 0 N–H and O–H groups in total. The van der Waals surface area contributed by atoms with E-state index in [1.807, 2.05) is 73.7 Å². The number of nitrogens with zero attached hydrogens (tertiary/aromatic N) is 2. The second-order valence-electron chi connectivity index (χ2n) is 10.2. The lowest BCUT2D eigenvalue weighted by molar-refractivity contribution is -0.136. The van der Waals surface area contributed by atoms with E-state index >= 15 is 0 Å². The zero-order valence-corrected chi connectivity index (χ0v) is 26.8. The highest BCUT2D eigenvalue weighted by Gasteiger charge is 2.33. The number of thiazole rings is 1. The van der Waals surface area contributed by atoms with Gasteiger partial charge in [-0.2, -0.15) is 0 Å². The van der Waals surface area contributed by atoms with Crippen molar-refractivity contribution in [2.45, 2.75) is 26.5 Å². The molecule has 0 saturated carbocycles. The number of hydrogen-bond donors (Lipinski definition) is 0. The SMILES string of the molecule is CCOc1cc(C=c2sc3n(c2=O)C(c2ccccc2)C(C(=O)OC)=C(C)N=3)cc(Br)c1OCc1cccc2ccccc12. The predicted octanol–water partition coefficient (Wildman–Crippen LogP) is 6.30. The van der Waals surface area contributed by atoms with E-state index in [9.17, 15) is 9.59 Å². The lowest BCUT2D eigenvalue weighted by atomic mass is 9.96. The number of esters is 1. The van der Waals surface area contributed by atoms with Crippen molar-refractivity contribution in [1.29, 1.82) is 0 Å². The van der Waals surface area contributed by atoms with Gasteiger partial charge in [0.1, 0.15) is 6.61 Å². The van der Waals surface area contributed by atoms with E-state index < -0.39 is 12.0 Å². The van der Waals surface area contributed by atoms with E-state index in [-0.39, 0.29) is 5.56 Å². The van der Waals surface area contributed by atoms with Gasteiger partial charge in [-0.1, -0.05) is 84.1 Å². The summed E-state index contributed by atoms with van der Waals surface area (Å²) in [5, 5.41) is 2.29. The molecule has 1 unspecified atom stereocenters. The first-order valence-electron chi connectivity index (χ1n) is 14.1. The monoisotopic (exact) mass is 668 g/mol. The van der Waals surface area contributed by atoms with Crippen molar-refractivity contribution >= 4 is 50.1 Å². The molecule has 0 spiro atoms. The van der Waals surface area contributed by atoms with Crippen LogP contribution in [0.1, 0.15) is 36.6 Å². The number of carbonyl (C=O) groups excluding carboxylic acids is 1. The molecule has 1 aliphatic rings. The minimum absolute atomic E-state index is 0.248. The van der Waals surface area contributed by atoms with Crippen molar-refractivity contribution < 1.29 is 19.0 Å². The van der Waals surface area contributed by atoms with E-state index in [0.717, 1.165) is 27.5 Å². The predicted molar refractivity (Wildman–Crippen MR) is 176 cm³/mol. The second-order valence-corrected chi connectivity index (χ2v) is 12.0. The van der Waals surface area contributed by atoms with Crippen molar-refractivity contribution in [1.82, 2.24) is 4.57 Å². The third kappa shape index (κ3) is 5.60. The highest BCUT2D eigenvalue weighted by atomic mass is 79.9. The maximum Gasteiger partial charge on any atom is 0.338 e. The molecule has 7 nitrogen and oxygen atoms in total. The molecule has 1 atom stereocenters. The number of allylic oxidation sites excluding steroid dienone is 1. The molecule has 0 fully saturated rings. The third-order valence-electron chi connectivity index (χ3n) is 7.42. The number of carbonyl (C=O) groups is 1. The van der Waals surface area contributed by atoms with Crippen molar-refractivity contribution in [3.05, 3.63) is 137 Å². The summed E-state index contributed by atoms with van der Waals surface area (Å²) in [5.74, 6) is 0.631. The van der Waals surface area contributed by atoms with E-state index in [2.05, 4.69) is 45.2 Å². The first-order valence-corrected chi connectivity index (χ1v) is 15.7. The van der Waals surface area contributed by atoms with Gasteiger partial charge in [-0.05, 0) is 75.4 Å². The normalized spacial score (nSPS) is 14.7. The van der Waals surface area contributed by atoms with Crippen LogP contribution in [0, 0.1) is 0 Å². The maximum atomic E-state index is 13.9. The summed E-state index contributed by atoms with van der Waals surface area (Å²) in [6, 6.07) is 26.9. The summed E-state index contributed by atoms with van der Waals surface area (Å²) in [6.07, 6.45) is 1.81. The van der Waals surface area contributed by atoms with Gasteiger partial charge in [-0.15, -0.1) is 0 Å². The van der Waals surface area contributed by atoms with Crippen LogP contribution in [0.25, 0.3) is 16.8 Å². The number of fused-ring (bicyclic) bond motifs is 2. The lowest BCUT2D eigenvalue weighted by Crippen LogP contribution is -2.39. The molecule has 0 bridgehead atoms. The van der Waals surface area contributed by atoms with Gasteiger partial charge in [-0.25, -0.2) is 9.79 Å². The number of hydrogen-bond acceptors (Lipinski definition) is 7. The summed E-state index contributed by atoms with van der Waals surface area (Å²) >= 11 is 4.95. The van der Waals surface area contributed by atoms with Crippen LogP contribution in [0.2, 0.25) is 0 Å². The fraction of sp³-hybridized carbons (Fsp3) is 0.171. The minimum atomic E-state index is -0.655. The highest BCUT2D eigenvalue weighted by Crippen LogP contribution is 2.38. The van der Waals surface area contributed by atoms with Crippen LogP contribution in [0.5, 0.6) is 11.5 Å². The highest BCUT2D eigenvalue weighted by molar-refractivity contribution is 9.10. The van der Waals surface area contributed by atoms with Crippen LogP contribution in [0.15, 0.2) is 110 Å². The van der Waals surface area contributed by atoms with Crippen molar-refractivity contribution in [3.63, 3.8) is 0 Å². The first kappa shape index (κ1) is 29.6. The second kappa shape index (κ2) is 12.6. The fourth-order valence-corrected chi connectivity index (χ4v) is 7.06. The molecule has 1 aliphatic heterocycles. The van der Waals surface area contributed by atoms with Gasteiger partial charge < -0.3 is 14.2 Å². The zero-order valence-electron chi connectivity index (χ0n) is 24.4. The standard InChI is InChI=1S/C35H29BrN2O5S/c1-4-42-28-18-22(17-27(36)32(28)43-20-25-15-10-14-23-11-8-9-16-26(23)25)19-29-33(39)38-31(24-12-6-5-7-13-24)30(34(40)41-3)21(2)37-35(38)44-29/h5-19,31H,4,20H2,1-3H3. The first-order chi connectivity index (χ1) is 21.4. The van der Waals surface area contributed by atoms with E-state index in [1.54, 1.807) is 11.5 Å². The summed E-state index contributed by atoms with van der Waals surface area (Å²) < 4.78 is 20.2. The Labute approximate surface area is 266 Å². The van der Waals surface area contributed by atoms with E-state index in [1.165, 1.54) is 18.4 Å². The molecule has 9 heteroatoms. The summed E-state index contributed by atoms with van der Waals surface area (Å²) in [4.78, 5) is 31.9. The molecule has 0 aliphatic carbocycles. The van der Waals surface area contributed by atoms with Gasteiger partial charge in [0, 0.05) is 0 Å². The van der Waals surface area contributed by atoms with E-state index in [4.69, 9.17) is 14.2 Å². The topological polar surface area (TPSA) is 79.1 Å². The van der Waals surface area contributed by atoms with Crippen LogP contribution in [-0.2, 0) is 16.1 Å². The Morgan fingerprint density at radius 3 is 2.55 bits per heavy atom. The quantitative estimate of drug-likeness (QED) is 0.181. The molecule has 0 radical (unpaired) electrons. The van der Waals surface area contributed by atoms with Crippen molar-refractivity contribution in [2.75, 3.05) is 13.7 Å². The fourth-order valence-electron chi connectivity index (χ4n) is 5.44. The summed E-state index contributed by atoms with van der Waals surface area (Å²) in [5.41, 5.74) is 3.23. The molecule has 6 rings (SSSR count). The minimum Gasteiger partial charge on any atom is -0.490 e. The molecule has 5 aromatic rings. The van der Waals surface area contributed by atoms with Crippen LogP contribution in [0.4, 0.5) is 0 Å². The number of rotatable bonds is 8. The van der Waals surface area contributed by atoms with Gasteiger partial charge in [0.15, 0.2) is 16.3 Å². The largest absolute Gasteiger partial charge is 0.490 e. The average Bonchev–Trinajstić information content (AvgIpc) is 3.33. The molecule has 0 saturated heterocycles. The van der Waals surface area contributed by atoms with Crippen molar-refractivity contribution in [3.8, 4) is 11.5 Å². The molecule has 0 amide bonds. The molecule has 4 aromatic carbocycles. The van der Waals surface area contributed by atoms with Gasteiger partial charge >= 0.3 is 5.97 Å². The lowest BCUT2D eigenvalue weighted by Gasteiger charge is -2.24. The van der Waals surface area contributed by atoms with Gasteiger partial charge in [0.2, 0.25) is 0 Å². The molecular formula is C35H29BrN2O5S. The molecule has 2 heterocycles. The third-order valence-corrected chi connectivity index (χ3v) is 9.00. The number of methoxy groups -OCH3 is 1. The maximum absolute atomic E-state index is 13.9. The molecule has 222 valence electrons. The molecule has 1 aromatic heterocycles. The van der Waals surface area contributed by atoms with Crippen LogP contribution >= 0.6 is 27.3 Å². The molecular weight excluding hydrogens is 640 g/mol. The Bertz CT molecular complexity index is 2090. The summed E-state index contributed by atoms with van der Waals surface area (Å²) in [6.45, 7) is 4.48. The number of aromatic nitrogens is 1. The Morgan fingerprint density at radius 1 is 1.02 bits per heavy atom. The van der Waals surface area contributed by atoms with Gasteiger partial charge in [0.25, 0.3) is 5.56 Å². The number of ether oxygens (including phenoxy) is 3. The molecule has 44 heavy (non-hydrogen) atoms. The number of halogens is 1. The Morgan fingerprint density at radius 2 is 1.77 bits per heavy atom. The van der Waals surface area contributed by atoms with Crippen LogP contribution < -0.4 is 24.4 Å². The van der Waals surface area contributed by atoms with E-state index in [0.29, 0.717) is 49.8 Å². The smallest absolute Gasteiger partial charge is 0.338 e. The van der Waals surface area contributed by atoms with Crippen LogP contribution in [-0.4, -0.2) is 24.3 Å².